The molecule has 0 amide bonds. The molecule has 0 saturated heterocycles. The lowest BCUT2D eigenvalue weighted by molar-refractivity contribution is 0.101. The summed E-state index contributed by atoms with van der Waals surface area (Å²) >= 11 is 5.66. The van der Waals surface area contributed by atoms with Crippen molar-refractivity contribution in [3.05, 3.63) is 123 Å². The summed E-state index contributed by atoms with van der Waals surface area (Å²) in [6.07, 6.45) is 7.69. The molecule has 0 saturated carbocycles. The number of carbonyl (C=O) groups excluding carboxylic acids is 4. The fraction of sp³-hybridized carbons (Fsp3) is 0.118. The largest absolute Gasteiger partial charge is 0.454 e. The molecule has 0 unspecified atom stereocenters. The van der Waals surface area contributed by atoms with Crippen molar-refractivity contribution in [1.82, 2.24) is 0 Å². The minimum atomic E-state index is -0.0334. The van der Waals surface area contributed by atoms with Gasteiger partial charge in [-0.3, -0.25) is 19.2 Å². The van der Waals surface area contributed by atoms with Crippen molar-refractivity contribution in [1.29, 1.82) is 0 Å². The van der Waals surface area contributed by atoms with E-state index in [1.165, 1.54) is 73.0 Å². The summed E-state index contributed by atoms with van der Waals surface area (Å²) in [7, 11) is 0. The third-order valence-electron chi connectivity index (χ3n) is 6.91. The zero-order valence-electron chi connectivity index (χ0n) is 24.0. The van der Waals surface area contributed by atoms with Gasteiger partial charge in [-0.05, 0) is 87.4 Å². The van der Waals surface area contributed by atoms with Gasteiger partial charge in [0.25, 0.3) is 0 Å². The van der Waals surface area contributed by atoms with Crippen molar-refractivity contribution < 1.29 is 28.7 Å². The van der Waals surface area contributed by atoms with Crippen LogP contribution in [0.3, 0.4) is 0 Å². The SMILES string of the molecule is CC(=O)c1csc(C2=CC(=C3C=C(c4cc(C(C)=O)cs4)OC(c4cc(C(C)=O)cs4)=C3)C=C(c3cc(C(C)=O)cs3)O2)c1. The molecule has 0 bridgehead atoms. The van der Waals surface area contributed by atoms with Crippen LogP contribution in [0.15, 0.2) is 81.2 Å². The molecule has 0 aromatic carbocycles. The Labute approximate surface area is 269 Å². The maximum Gasteiger partial charge on any atom is 0.160 e. The lowest BCUT2D eigenvalue weighted by Crippen LogP contribution is -2.03. The molecule has 220 valence electrons. The standard InChI is InChI=1S/C34H24O6S4/c1-17(35)23-9-31(41-13-23)27-5-21(6-28(39-27)32-10-24(14-42-32)18(2)36)22-7-29(33-11-25(15-43-33)19(3)37)40-30(8-22)34-12-26(16-44-34)20(4)38/h5-16H,1-4H3. The molecule has 4 aromatic rings. The summed E-state index contributed by atoms with van der Waals surface area (Å²) in [5, 5.41) is 7.23. The molecule has 6 rings (SSSR count). The summed E-state index contributed by atoms with van der Waals surface area (Å²) < 4.78 is 12.8. The lowest BCUT2D eigenvalue weighted by atomic mass is 9.99. The number of allylic oxidation sites excluding steroid dienone is 6. The van der Waals surface area contributed by atoms with Gasteiger partial charge in [0.2, 0.25) is 0 Å². The zero-order chi connectivity index (χ0) is 31.1. The molecule has 0 fully saturated rings. The molecule has 0 spiro atoms. The molecule has 2 aliphatic heterocycles. The van der Waals surface area contributed by atoms with Crippen molar-refractivity contribution >= 4 is 91.5 Å². The highest BCUT2D eigenvalue weighted by atomic mass is 32.1. The summed E-state index contributed by atoms with van der Waals surface area (Å²) in [4.78, 5) is 51.4. The van der Waals surface area contributed by atoms with E-state index in [0.29, 0.717) is 45.3 Å². The minimum absolute atomic E-state index is 0.0334. The number of carbonyl (C=O) groups is 4. The summed E-state index contributed by atoms with van der Waals surface area (Å²) in [5.74, 6) is 2.15. The maximum absolute atomic E-state index is 12.1. The first-order valence-corrected chi connectivity index (χ1v) is 16.9. The van der Waals surface area contributed by atoms with Crippen molar-refractivity contribution in [2.24, 2.45) is 0 Å². The van der Waals surface area contributed by atoms with Gasteiger partial charge in [-0.2, -0.15) is 0 Å². The second-order valence-corrected chi connectivity index (χ2v) is 13.8. The van der Waals surface area contributed by atoms with Gasteiger partial charge >= 0.3 is 0 Å². The average Bonchev–Trinajstić information content (AvgIpc) is 3.82. The van der Waals surface area contributed by atoms with E-state index in [2.05, 4.69) is 0 Å². The molecule has 0 atom stereocenters. The maximum atomic E-state index is 12.1. The van der Waals surface area contributed by atoms with Crippen molar-refractivity contribution in [2.45, 2.75) is 27.7 Å². The Morgan fingerprint density at radius 1 is 0.432 bits per heavy atom. The molecule has 2 aliphatic rings. The van der Waals surface area contributed by atoms with E-state index >= 15 is 0 Å². The van der Waals surface area contributed by atoms with Crippen LogP contribution in [0.4, 0.5) is 0 Å². The molecule has 0 aliphatic carbocycles. The van der Waals surface area contributed by atoms with Gasteiger partial charge < -0.3 is 9.47 Å². The minimum Gasteiger partial charge on any atom is -0.454 e. The van der Waals surface area contributed by atoms with Gasteiger partial charge in [0, 0.05) is 43.8 Å². The molecule has 6 heterocycles. The number of rotatable bonds is 8. The monoisotopic (exact) mass is 656 g/mol. The molecular formula is C34H24O6S4. The first-order chi connectivity index (χ1) is 21.0. The predicted octanol–water partition coefficient (Wildman–Crippen LogP) is 9.56. The first-order valence-electron chi connectivity index (χ1n) is 13.4. The van der Waals surface area contributed by atoms with E-state index in [1.54, 1.807) is 0 Å². The Hall–Kier alpha value is -4.22. The number of ketones is 4. The molecule has 0 radical (unpaired) electrons. The normalized spacial score (nSPS) is 14.6. The molecule has 6 nitrogen and oxygen atoms in total. The summed E-state index contributed by atoms with van der Waals surface area (Å²) in [6.45, 7) is 6.11. The van der Waals surface area contributed by atoms with Crippen LogP contribution in [0, 0.1) is 0 Å². The fourth-order valence-electron chi connectivity index (χ4n) is 4.42. The van der Waals surface area contributed by atoms with Crippen molar-refractivity contribution in [3.63, 3.8) is 0 Å². The Morgan fingerprint density at radius 2 is 0.659 bits per heavy atom. The highest BCUT2D eigenvalue weighted by Gasteiger charge is 2.24. The molecular weight excluding hydrogens is 633 g/mol. The van der Waals surface area contributed by atoms with E-state index < -0.39 is 0 Å². The number of ether oxygens (including phenoxy) is 2. The number of hydrogen-bond acceptors (Lipinski definition) is 10. The van der Waals surface area contributed by atoms with Gasteiger partial charge in [0.15, 0.2) is 23.1 Å². The van der Waals surface area contributed by atoms with Gasteiger partial charge in [-0.1, -0.05) is 0 Å². The van der Waals surface area contributed by atoms with Crippen LogP contribution in [0.2, 0.25) is 0 Å². The highest BCUT2D eigenvalue weighted by Crippen LogP contribution is 2.42. The Bertz CT molecular complexity index is 1750. The van der Waals surface area contributed by atoms with E-state index in [1.807, 2.05) is 70.1 Å². The second-order valence-electron chi connectivity index (χ2n) is 10.2. The van der Waals surface area contributed by atoms with E-state index in [9.17, 15) is 19.2 Å². The second kappa shape index (κ2) is 12.0. The zero-order valence-corrected chi connectivity index (χ0v) is 27.3. The van der Waals surface area contributed by atoms with Gasteiger partial charge in [-0.15, -0.1) is 45.3 Å². The van der Waals surface area contributed by atoms with E-state index in [0.717, 1.165) is 30.7 Å². The first kappa shape index (κ1) is 29.8. The van der Waals surface area contributed by atoms with Crippen LogP contribution in [-0.2, 0) is 9.47 Å². The molecule has 44 heavy (non-hydrogen) atoms. The van der Waals surface area contributed by atoms with E-state index in [-0.39, 0.29) is 23.1 Å². The van der Waals surface area contributed by atoms with Crippen molar-refractivity contribution in [2.75, 3.05) is 0 Å². The lowest BCUT2D eigenvalue weighted by Gasteiger charge is -2.21. The number of thiophene rings is 4. The van der Waals surface area contributed by atoms with Crippen LogP contribution in [-0.4, -0.2) is 23.1 Å². The number of hydrogen-bond donors (Lipinski definition) is 0. The number of Topliss-reactive ketones (excluding diaryl/α,β-unsaturated/α-hetero) is 4. The quantitative estimate of drug-likeness (QED) is 0.176. The van der Waals surface area contributed by atoms with Crippen LogP contribution < -0.4 is 0 Å². The smallest absolute Gasteiger partial charge is 0.160 e. The third-order valence-corrected chi connectivity index (χ3v) is 10.7. The topological polar surface area (TPSA) is 86.7 Å². The van der Waals surface area contributed by atoms with Gasteiger partial charge in [0.05, 0.1) is 19.5 Å². The Kier molecular flexibility index (Phi) is 8.17. The van der Waals surface area contributed by atoms with Crippen LogP contribution >= 0.6 is 45.3 Å². The highest BCUT2D eigenvalue weighted by molar-refractivity contribution is 7.12. The average molecular weight is 657 g/mol. The van der Waals surface area contributed by atoms with E-state index in [4.69, 9.17) is 9.47 Å². The van der Waals surface area contributed by atoms with Crippen LogP contribution in [0.1, 0.15) is 88.6 Å². The summed E-state index contributed by atoms with van der Waals surface area (Å²) in [6, 6.07) is 7.26. The predicted molar refractivity (Wildman–Crippen MR) is 178 cm³/mol. The van der Waals surface area contributed by atoms with Crippen molar-refractivity contribution in [3.8, 4) is 0 Å². The van der Waals surface area contributed by atoms with Crippen LogP contribution in [0.5, 0.6) is 0 Å². The molecule has 10 heteroatoms. The van der Waals surface area contributed by atoms with Gasteiger partial charge in [0.1, 0.15) is 23.0 Å². The third kappa shape index (κ3) is 6.07. The van der Waals surface area contributed by atoms with Gasteiger partial charge in [-0.25, -0.2) is 0 Å². The van der Waals surface area contributed by atoms with Crippen LogP contribution in [0.25, 0.3) is 23.0 Å². The molecule has 4 aromatic heterocycles. The fourth-order valence-corrected chi connectivity index (χ4v) is 8.02. The Morgan fingerprint density at radius 3 is 0.841 bits per heavy atom. The molecule has 0 N–H and O–H groups in total. The Balaban J connectivity index is 1.54. The summed E-state index contributed by atoms with van der Waals surface area (Å²) in [5.41, 5.74) is 4.04.